The summed E-state index contributed by atoms with van der Waals surface area (Å²) in [7, 11) is 0. The van der Waals surface area contributed by atoms with Crippen molar-refractivity contribution in [3.05, 3.63) is 132 Å². The first-order valence-electron chi connectivity index (χ1n) is 16.1. The predicted octanol–water partition coefficient (Wildman–Crippen LogP) is 10.2. The fourth-order valence-electron chi connectivity index (χ4n) is 6.53. The molecule has 47 heavy (non-hydrogen) atoms. The summed E-state index contributed by atoms with van der Waals surface area (Å²) in [5.74, 6) is 2.63. The maximum Gasteiger partial charge on any atom is 2.00 e. The number of benzene rings is 4. The van der Waals surface area contributed by atoms with Crippen LogP contribution in [0.4, 0.5) is 0 Å². The van der Waals surface area contributed by atoms with Gasteiger partial charge in [0.2, 0.25) is 0 Å². The van der Waals surface area contributed by atoms with E-state index in [4.69, 9.17) is 9.84 Å². The molecule has 0 aliphatic heterocycles. The van der Waals surface area contributed by atoms with Gasteiger partial charge in [-0.05, 0) is 89.7 Å². The molecule has 5 nitrogen and oxygen atoms in total. The van der Waals surface area contributed by atoms with Gasteiger partial charge in [-0.1, -0.05) is 63.0 Å². The number of rotatable bonds is 9. The minimum Gasteiger partial charge on any atom is -0.509 e. The number of aromatic nitrogens is 4. The molecule has 0 fully saturated rings. The Morgan fingerprint density at radius 3 is 2.51 bits per heavy atom. The second-order valence-electron chi connectivity index (χ2n) is 12.6. The van der Waals surface area contributed by atoms with Crippen LogP contribution in [0, 0.1) is 31.9 Å². The third-order valence-corrected chi connectivity index (χ3v) is 8.42. The van der Waals surface area contributed by atoms with Gasteiger partial charge < -0.3 is 9.30 Å². The number of fused-ring (bicyclic) bond motifs is 3. The van der Waals surface area contributed by atoms with Crippen molar-refractivity contribution >= 4 is 21.8 Å². The Bertz CT molecular complexity index is 2190. The molecule has 6 heteroatoms. The maximum absolute atomic E-state index is 6.38. The Kier molecular flexibility index (Phi) is 9.47. The number of ether oxygens (including phenoxy) is 1. The van der Waals surface area contributed by atoms with Gasteiger partial charge in [0.15, 0.2) is 0 Å². The van der Waals surface area contributed by atoms with Crippen molar-refractivity contribution in [1.82, 2.24) is 19.3 Å². The van der Waals surface area contributed by atoms with Crippen LogP contribution in [0.15, 0.2) is 97.5 Å². The van der Waals surface area contributed by atoms with Gasteiger partial charge in [-0.2, -0.15) is 17.2 Å². The van der Waals surface area contributed by atoms with E-state index in [9.17, 15) is 0 Å². The van der Waals surface area contributed by atoms with Gasteiger partial charge in [-0.15, -0.1) is 35.7 Å². The van der Waals surface area contributed by atoms with E-state index in [0.29, 0.717) is 17.4 Å². The molecule has 0 amide bonds. The largest absolute Gasteiger partial charge is 2.00 e. The molecule has 0 N–H and O–H groups in total. The van der Waals surface area contributed by atoms with E-state index in [1.54, 1.807) is 0 Å². The number of nitrogens with zero attached hydrogens (tertiary/aromatic N) is 4. The van der Waals surface area contributed by atoms with E-state index in [2.05, 4.69) is 111 Å². The Hall–Kier alpha value is -4.47. The van der Waals surface area contributed by atoms with Crippen molar-refractivity contribution in [3.8, 4) is 34.1 Å². The van der Waals surface area contributed by atoms with Crippen LogP contribution in [0.5, 0.6) is 11.5 Å². The molecule has 0 aliphatic rings. The number of pyridine rings is 1. The smallest absolute Gasteiger partial charge is 0.509 e. The fourth-order valence-corrected chi connectivity index (χ4v) is 6.53. The monoisotopic (exact) mass is 797 g/mol. The molecule has 0 atom stereocenters. The summed E-state index contributed by atoms with van der Waals surface area (Å²) in [5.41, 5.74) is 10.5. The van der Waals surface area contributed by atoms with Crippen LogP contribution in [0.1, 0.15) is 49.4 Å². The molecule has 0 radical (unpaired) electrons. The second-order valence-corrected chi connectivity index (χ2v) is 12.6. The summed E-state index contributed by atoms with van der Waals surface area (Å²) in [5, 5.41) is 7.01. The first kappa shape index (κ1) is 32.5. The van der Waals surface area contributed by atoms with Gasteiger partial charge in [0.25, 0.3) is 0 Å². The molecule has 0 unspecified atom stereocenters. The minimum atomic E-state index is 0. The zero-order chi connectivity index (χ0) is 31.8. The SMILES string of the molecule is CCCc1cc(C)c(-c2cnn(-c3[c-]c(Oc4[c-]c5c(cc4)c4ccccc4n5-c4cc(C)ccn4)ccc3)c2)c(CC(C)C)c1.[Pt+2]. The quantitative estimate of drug-likeness (QED) is 0.137. The maximum atomic E-state index is 6.38. The van der Waals surface area contributed by atoms with Crippen LogP contribution >= 0.6 is 0 Å². The van der Waals surface area contributed by atoms with E-state index in [1.165, 1.54) is 22.3 Å². The molecular weight excluding hydrogens is 760 g/mol. The van der Waals surface area contributed by atoms with Gasteiger partial charge in [0, 0.05) is 35.0 Å². The third kappa shape index (κ3) is 6.55. The van der Waals surface area contributed by atoms with E-state index < -0.39 is 0 Å². The van der Waals surface area contributed by atoms with Crippen LogP contribution in [-0.2, 0) is 33.9 Å². The van der Waals surface area contributed by atoms with Gasteiger partial charge in [0.1, 0.15) is 5.82 Å². The van der Waals surface area contributed by atoms with Gasteiger partial charge in [-0.3, -0.25) is 4.68 Å². The standard InChI is InChI=1S/C41H38N4O.Pt/c1-6-10-30-21-29(5)41(31(22-30)19-27(2)3)32-25-43-44(26-32)33-11-9-12-34(23-33)46-35-15-16-37-36-13-7-8-14-38(36)45(39(37)24-35)40-20-28(4)17-18-42-40;/h7-9,11-18,20-22,25-27H,6,10,19H2,1-5H3;/q-2;+2. The Balaban J connectivity index is 0.00000386. The summed E-state index contributed by atoms with van der Waals surface area (Å²) in [6.07, 6.45) is 9.20. The summed E-state index contributed by atoms with van der Waals surface area (Å²) < 4.78 is 10.4. The second kappa shape index (κ2) is 13.7. The van der Waals surface area contributed by atoms with Crippen LogP contribution in [0.2, 0.25) is 0 Å². The van der Waals surface area contributed by atoms with E-state index in [-0.39, 0.29) is 21.1 Å². The zero-order valence-electron chi connectivity index (χ0n) is 27.4. The Labute approximate surface area is 291 Å². The summed E-state index contributed by atoms with van der Waals surface area (Å²) >= 11 is 0. The average Bonchev–Trinajstić information content (AvgIpc) is 3.64. The number of aryl methyl sites for hydroxylation is 3. The van der Waals surface area contributed by atoms with Crippen LogP contribution in [0.25, 0.3) is 44.4 Å². The van der Waals surface area contributed by atoms with Crippen molar-refractivity contribution in [2.75, 3.05) is 0 Å². The molecule has 0 spiro atoms. The normalized spacial score (nSPS) is 11.4. The molecule has 0 saturated carbocycles. The van der Waals surface area contributed by atoms with Crippen molar-refractivity contribution < 1.29 is 25.8 Å². The van der Waals surface area contributed by atoms with Crippen LogP contribution in [-0.4, -0.2) is 19.3 Å². The molecule has 7 aromatic rings. The number of hydrogen-bond donors (Lipinski definition) is 0. The van der Waals surface area contributed by atoms with Gasteiger partial charge in [-0.25, -0.2) is 4.98 Å². The topological polar surface area (TPSA) is 44.9 Å². The molecule has 4 aromatic carbocycles. The van der Waals surface area contributed by atoms with Crippen molar-refractivity contribution in [2.24, 2.45) is 5.92 Å². The number of hydrogen-bond acceptors (Lipinski definition) is 3. The molecule has 0 saturated heterocycles. The molecule has 7 rings (SSSR count). The van der Waals surface area contributed by atoms with E-state index in [0.717, 1.165) is 63.7 Å². The van der Waals surface area contributed by atoms with Gasteiger partial charge >= 0.3 is 21.1 Å². The fraction of sp³-hybridized carbons (Fsp3) is 0.220. The number of para-hydroxylation sites is 1. The Morgan fingerprint density at radius 2 is 1.70 bits per heavy atom. The van der Waals surface area contributed by atoms with Crippen molar-refractivity contribution in [3.63, 3.8) is 0 Å². The first-order valence-corrected chi connectivity index (χ1v) is 16.1. The Morgan fingerprint density at radius 1 is 0.872 bits per heavy atom. The predicted molar refractivity (Wildman–Crippen MR) is 187 cm³/mol. The molecule has 238 valence electrons. The summed E-state index contributed by atoms with van der Waals surface area (Å²) in [4.78, 5) is 4.69. The average molecular weight is 798 g/mol. The first-order chi connectivity index (χ1) is 22.4. The molecular formula is C41H38N4OPt. The summed E-state index contributed by atoms with van der Waals surface area (Å²) in [6.45, 7) is 11.1. The van der Waals surface area contributed by atoms with E-state index >= 15 is 0 Å². The third-order valence-electron chi connectivity index (χ3n) is 8.42. The van der Waals surface area contributed by atoms with Gasteiger partial charge in [0.05, 0.1) is 6.20 Å². The van der Waals surface area contributed by atoms with Crippen molar-refractivity contribution in [2.45, 2.75) is 53.9 Å². The molecule has 0 bridgehead atoms. The minimum absolute atomic E-state index is 0. The molecule has 3 aromatic heterocycles. The van der Waals surface area contributed by atoms with Crippen LogP contribution < -0.4 is 4.74 Å². The zero-order valence-corrected chi connectivity index (χ0v) is 29.7. The summed E-state index contributed by atoms with van der Waals surface area (Å²) in [6, 6.07) is 34.1. The van der Waals surface area contributed by atoms with Crippen molar-refractivity contribution in [1.29, 1.82) is 0 Å². The molecule has 0 aliphatic carbocycles. The molecule has 3 heterocycles. The van der Waals surface area contributed by atoms with Crippen LogP contribution in [0.3, 0.4) is 0 Å². The van der Waals surface area contributed by atoms with E-state index in [1.807, 2.05) is 47.4 Å².